The first-order valence-corrected chi connectivity index (χ1v) is 13.7. The number of imide groups is 1. The van der Waals surface area contributed by atoms with Gasteiger partial charge in [-0.3, -0.25) is 14.4 Å². The van der Waals surface area contributed by atoms with E-state index in [-0.39, 0.29) is 16.6 Å². The summed E-state index contributed by atoms with van der Waals surface area (Å²) < 4.78 is 5.78. The predicted octanol–water partition coefficient (Wildman–Crippen LogP) is 7.51. The van der Waals surface area contributed by atoms with Gasteiger partial charge < -0.3 is 15.4 Å². The maximum Gasteiger partial charge on any atom is 0.283 e. The highest BCUT2D eigenvalue weighted by atomic mass is 35.5. The molecule has 4 aromatic carbocycles. The summed E-state index contributed by atoms with van der Waals surface area (Å²) in [7, 11) is 0. The van der Waals surface area contributed by atoms with Crippen molar-refractivity contribution in [2.45, 2.75) is 26.2 Å². The van der Waals surface area contributed by atoms with Gasteiger partial charge >= 0.3 is 0 Å². The summed E-state index contributed by atoms with van der Waals surface area (Å²) in [5.41, 5.74) is 3.22. The zero-order valence-corrected chi connectivity index (χ0v) is 23.2. The zero-order chi connectivity index (χ0) is 28.8. The highest BCUT2D eigenvalue weighted by Crippen LogP contribution is 2.32. The molecule has 0 bridgehead atoms. The van der Waals surface area contributed by atoms with Crippen LogP contribution >= 0.6 is 11.6 Å². The van der Waals surface area contributed by atoms with E-state index in [1.165, 1.54) is 5.56 Å². The molecule has 1 aliphatic rings. The predicted molar refractivity (Wildman–Crippen MR) is 161 cm³/mol. The van der Waals surface area contributed by atoms with Crippen LogP contribution in [0.1, 0.15) is 35.7 Å². The fourth-order valence-corrected chi connectivity index (χ4v) is 4.53. The summed E-state index contributed by atoms with van der Waals surface area (Å²) >= 11 is 6.28. The van der Waals surface area contributed by atoms with Crippen LogP contribution in [0, 0.1) is 0 Å². The van der Waals surface area contributed by atoms with Crippen LogP contribution in [0.3, 0.4) is 0 Å². The molecule has 0 radical (unpaired) electrons. The lowest BCUT2D eigenvalue weighted by Crippen LogP contribution is -2.32. The smallest absolute Gasteiger partial charge is 0.283 e. The Morgan fingerprint density at radius 1 is 0.780 bits per heavy atom. The Balaban J connectivity index is 1.21. The van der Waals surface area contributed by atoms with E-state index in [0.29, 0.717) is 34.1 Å². The van der Waals surface area contributed by atoms with Gasteiger partial charge in [-0.25, -0.2) is 4.90 Å². The molecule has 41 heavy (non-hydrogen) atoms. The minimum absolute atomic E-state index is 0.0401. The average Bonchev–Trinajstić information content (AvgIpc) is 3.21. The molecule has 5 rings (SSSR count). The van der Waals surface area contributed by atoms with Crippen molar-refractivity contribution in [2.75, 3.05) is 15.5 Å². The molecule has 0 fully saturated rings. The molecule has 1 heterocycles. The molecule has 1 aliphatic heterocycles. The third-order valence-electron chi connectivity index (χ3n) is 6.55. The first-order valence-electron chi connectivity index (χ1n) is 13.3. The van der Waals surface area contributed by atoms with Crippen molar-refractivity contribution in [2.24, 2.45) is 0 Å². The number of hydrogen-bond donors (Lipinski definition) is 2. The molecule has 0 spiro atoms. The lowest BCUT2D eigenvalue weighted by atomic mass is 10.1. The molecule has 0 aliphatic carbocycles. The highest BCUT2D eigenvalue weighted by molar-refractivity contribution is 6.53. The maximum atomic E-state index is 13.2. The largest absolute Gasteiger partial charge is 0.457 e. The molecule has 4 aromatic rings. The number of para-hydroxylation sites is 1. The Labute approximate surface area is 243 Å². The van der Waals surface area contributed by atoms with Crippen LogP contribution in [0.25, 0.3) is 0 Å². The van der Waals surface area contributed by atoms with Crippen LogP contribution in [0.15, 0.2) is 114 Å². The van der Waals surface area contributed by atoms with Gasteiger partial charge in [0, 0.05) is 16.9 Å². The van der Waals surface area contributed by atoms with Crippen molar-refractivity contribution in [3.63, 3.8) is 0 Å². The van der Waals surface area contributed by atoms with Crippen LogP contribution < -0.4 is 20.3 Å². The monoisotopic (exact) mass is 565 g/mol. The summed E-state index contributed by atoms with van der Waals surface area (Å²) in [5, 5.41) is 5.61. The van der Waals surface area contributed by atoms with Gasteiger partial charge in [-0.15, -0.1) is 0 Å². The van der Waals surface area contributed by atoms with E-state index in [2.05, 4.69) is 17.6 Å². The number of amides is 3. The number of anilines is 3. The number of halogens is 1. The van der Waals surface area contributed by atoms with Gasteiger partial charge in [-0.2, -0.15) is 0 Å². The summed E-state index contributed by atoms with van der Waals surface area (Å²) in [6.07, 6.45) is 3.28. The first-order chi connectivity index (χ1) is 19.9. The minimum atomic E-state index is -0.632. The van der Waals surface area contributed by atoms with Gasteiger partial charge in [0.15, 0.2) is 0 Å². The molecule has 0 saturated carbocycles. The molecule has 206 valence electrons. The number of carbonyl (C=O) groups excluding carboxylic acids is 3. The molecule has 8 heteroatoms. The Morgan fingerprint density at radius 3 is 2.07 bits per heavy atom. The number of benzene rings is 4. The molecule has 2 N–H and O–H groups in total. The zero-order valence-electron chi connectivity index (χ0n) is 22.4. The molecule has 3 amide bonds. The molecule has 0 saturated heterocycles. The van der Waals surface area contributed by atoms with Crippen molar-refractivity contribution < 1.29 is 19.1 Å². The van der Waals surface area contributed by atoms with E-state index in [4.69, 9.17) is 16.3 Å². The summed E-state index contributed by atoms with van der Waals surface area (Å²) in [4.78, 5) is 39.8. The number of aryl methyl sites for hydroxylation is 1. The van der Waals surface area contributed by atoms with Crippen LogP contribution in [0.4, 0.5) is 17.1 Å². The molecule has 0 atom stereocenters. The fourth-order valence-electron chi connectivity index (χ4n) is 4.32. The minimum Gasteiger partial charge on any atom is -0.457 e. The van der Waals surface area contributed by atoms with E-state index in [1.807, 2.05) is 54.6 Å². The second kappa shape index (κ2) is 12.5. The van der Waals surface area contributed by atoms with E-state index in [9.17, 15) is 14.4 Å². The van der Waals surface area contributed by atoms with Gasteiger partial charge in [0.25, 0.3) is 17.7 Å². The number of nitrogens with one attached hydrogen (secondary N) is 2. The Bertz CT molecular complexity index is 1580. The normalized spacial score (nSPS) is 13.0. The molecule has 0 aromatic heterocycles. The third kappa shape index (κ3) is 6.48. The molecule has 7 nitrogen and oxygen atoms in total. The molecule has 0 unspecified atom stereocenters. The Hall–Kier alpha value is -4.88. The van der Waals surface area contributed by atoms with Crippen molar-refractivity contribution in [1.29, 1.82) is 0 Å². The topological polar surface area (TPSA) is 87.7 Å². The van der Waals surface area contributed by atoms with E-state index < -0.39 is 11.8 Å². The van der Waals surface area contributed by atoms with Crippen LogP contribution in [-0.2, 0) is 16.0 Å². The van der Waals surface area contributed by atoms with Crippen molar-refractivity contribution >= 4 is 46.4 Å². The number of hydrogen-bond acceptors (Lipinski definition) is 5. The van der Waals surface area contributed by atoms with Crippen molar-refractivity contribution in [3.8, 4) is 11.5 Å². The standard InChI is InChI=1S/C33H28ClN3O4/c1-2-3-7-22-10-14-25(15-11-22)36-31(38)23-12-16-24(17-13-23)35-30-29(34)32(39)37(33(30)40)26-18-20-28(21-19-26)41-27-8-5-4-6-9-27/h4-6,8-21,35H,2-3,7H2,1H3,(H,36,38). The van der Waals surface area contributed by atoms with E-state index in [1.54, 1.807) is 48.5 Å². The van der Waals surface area contributed by atoms with Crippen LogP contribution in [-0.4, -0.2) is 17.7 Å². The Morgan fingerprint density at radius 2 is 1.41 bits per heavy atom. The van der Waals surface area contributed by atoms with E-state index in [0.717, 1.165) is 24.2 Å². The number of unbranched alkanes of at least 4 members (excludes halogenated alkanes) is 1. The molecular formula is C33H28ClN3O4. The summed E-state index contributed by atoms with van der Waals surface area (Å²) in [6, 6.07) is 30.3. The quantitative estimate of drug-likeness (QED) is 0.194. The Kier molecular flexibility index (Phi) is 8.46. The van der Waals surface area contributed by atoms with Gasteiger partial charge in [0.2, 0.25) is 0 Å². The second-order valence-corrected chi connectivity index (χ2v) is 9.88. The number of rotatable bonds is 10. The number of nitrogens with zero attached hydrogens (tertiary/aromatic N) is 1. The highest BCUT2D eigenvalue weighted by Gasteiger charge is 2.39. The molecular weight excluding hydrogens is 538 g/mol. The first kappa shape index (κ1) is 27.7. The van der Waals surface area contributed by atoms with Gasteiger partial charge in [0.1, 0.15) is 22.2 Å². The van der Waals surface area contributed by atoms with Crippen LogP contribution in [0.2, 0.25) is 0 Å². The van der Waals surface area contributed by atoms with Crippen LogP contribution in [0.5, 0.6) is 11.5 Å². The number of carbonyl (C=O) groups is 3. The van der Waals surface area contributed by atoms with Gasteiger partial charge in [0.05, 0.1) is 5.69 Å². The number of ether oxygens (including phenoxy) is 1. The van der Waals surface area contributed by atoms with Gasteiger partial charge in [-0.05, 0) is 91.2 Å². The van der Waals surface area contributed by atoms with Crippen molar-refractivity contribution in [1.82, 2.24) is 0 Å². The second-order valence-electron chi connectivity index (χ2n) is 9.50. The lowest BCUT2D eigenvalue weighted by Gasteiger charge is -2.16. The summed E-state index contributed by atoms with van der Waals surface area (Å²) in [6.45, 7) is 2.16. The van der Waals surface area contributed by atoms with Gasteiger partial charge in [-0.1, -0.05) is 55.3 Å². The third-order valence-corrected chi connectivity index (χ3v) is 6.90. The average molecular weight is 566 g/mol. The van der Waals surface area contributed by atoms with E-state index >= 15 is 0 Å². The fraction of sp³-hybridized carbons (Fsp3) is 0.121. The maximum absolute atomic E-state index is 13.2. The lowest BCUT2D eigenvalue weighted by molar-refractivity contribution is -0.120. The summed E-state index contributed by atoms with van der Waals surface area (Å²) in [5.74, 6) is -0.240. The SMILES string of the molecule is CCCCc1ccc(NC(=O)c2ccc(NC3=C(Cl)C(=O)N(c4ccc(Oc5ccccc5)cc4)C3=O)cc2)cc1. The van der Waals surface area contributed by atoms with Crippen molar-refractivity contribution in [3.05, 3.63) is 125 Å².